The second-order valence-corrected chi connectivity index (χ2v) is 10.8. The van der Waals surface area contributed by atoms with E-state index >= 15 is 4.39 Å². The van der Waals surface area contributed by atoms with Gasteiger partial charge in [-0.3, -0.25) is 9.36 Å². The van der Waals surface area contributed by atoms with Crippen molar-refractivity contribution in [3.63, 3.8) is 0 Å². The summed E-state index contributed by atoms with van der Waals surface area (Å²) in [6.07, 6.45) is -3.04. The van der Waals surface area contributed by atoms with Gasteiger partial charge in [0.2, 0.25) is 5.82 Å². The maximum Gasteiger partial charge on any atom is 0.450 e. The monoisotopic (exact) mass is 596 g/mol. The number of rotatable bonds is 6. The van der Waals surface area contributed by atoms with E-state index in [9.17, 15) is 23.2 Å². The third-order valence-corrected chi connectivity index (χ3v) is 7.98. The molecule has 10 nitrogen and oxygen atoms in total. The van der Waals surface area contributed by atoms with Gasteiger partial charge in [0.1, 0.15) is 17.9 Å². The number of alkyl halides is 3. The number of ether oxygens (including phenoxy) is 1. The summed E-state index contributed by atoms with van der Waals surface area (Å²) in [7, 11) is 1.97. The van der Waals surface area contributed by atoms with Crippen LogP contribution in [-0.2, 0) is 6.18 Å². The third-order valence-electron chi connectivity index (χ3n) is 7.98. The number of aromatic nitrogens is 4. The minimum absolute atomic E-state index is 0.00284. The molecule has 4 aromatic rings. The lowest BCUT2D eigenvalue weighted by Crippen LogP contribution is -2.51. The first-order valence-electron chi connectivity index (χ1n) is 13.9. The van der Waals surface area contributed by atoms with Gasteiger partial charge < -0.3 is 19.9 Å². The van der Waals surface area contributed by atoms with E-state index in [2.05, 4.69) is 31.2 Å². The van der Waals surface area contributed by atoms with Crippen LogP contribution in [0.2, 0.25) is 0 Å². The Labute approximate surface area is 243 Å². The molecule has 224 valence electrons. The zero-order valence-corrected chi connectivity index (χ0v) is 23.2. The highest BCUT2D eigenvalue weighted by molar-refractivity contribution is 5.92. The van der Waals surface area contributed by atoms with Crippen LogP contribution in [0, 0.1) is 17.1 Å². The van der Waals surface area contributed by atoms with Gasteiger partial charge in [-0.25, -0.2) is 9.37 Å². The van der Waals surface area contributed by atoms with Gasteiger partial charge in [-0.05, 0) is 44.0 Å². The summed E-state index contributed by atoms with van der Waals surface area (Å²) in [6.45, 7) is 2.12. The molecule has 0 bridgehead atoms. The van der Waals surface area contributed by atoms with E-state index in [1.54, 1.807) is 17.0 Å². The highest BCUT2D eigenvalue weighted by Crippen LogP contribution is 2.34. The Balaban J connectivity index is 1.59. The van der Waals surface area contributed by atoms with Crippen LogP contribution < -0.4 is 20.5 Å². The minimum Gasteiger partial charge on any atom is -0.462 e. The molecule has 14 heteroatoms. The SMILES string of the molecule is CN1CCC[C@H]1COc1nc(N2CCN[C@@H](CC#N)C2)c2nc(C(F)(F)F)n(-c3cccc4cccc(F)c34)c(=O)c2n1. The molecule has 1 N–H and O–H groups in total. The van der Waals surface area contributed by atoms with Gasteiger partial charge in [-0.2, -0.15) is 28.4 Å². The van der Waals surface area contributed by atoms with Crippen molar-refractivity contribution in [2.24, 2.45) is 0 Å². The first-order valence-corrected chi connectivity index (χ1v) is 13.9. The van der Waals surface area contributed by atoms with Crippen molar-refractivity contribution in [2.75, 3.05) is 44.7 Å². The maximum absolute atomic E-state index is 15.1. The van der Waals surface area contributed by atoms with E-state index in [-0.39, 0.29) is 60.1 Å². The van der Waals surface area contributed by atoms with E-state index in [1.165, 1.54) is 18.2 Å². The summed E-state index contributed by atoms with van der Waals surface area (Å²) in [5.74, 6) is -2.32. The lowest BCUT2D eigenvalue weighted by molar-refractivity contribution is -0.146. The van der Waals surface area contributed by atoms with E-state index in [4.69, 9.17) is 4.74 Å². The van der Waals surface area contributed by atoms with Gasteiger partial charge in [-0.15, -0.1) is 0 Å². The Hall–Kier alpha value is -4.35. The number of benzene rings is 2. The Kier molecular flexibility index (Phi) is 7.61. The fourth-order valence-electron chi connectivity index (χ4n) is 5.82. The molecular weight excluding hydrogens is 568 g/mol. The normalized spacial score (nSPS) is 19.7. The molecule has 4 heterocycles. The quantitative estimate of drug-likeness (QED) is 0.334. The number of nitriles is 1. The number of hydrogen-bond donors (Lipinski definition) is 1. The number of likely N-dealkylation sites (N-methyl/N-ethyl adjacent to an activating group) is 1. The smallest absolute Gasteiger partial charge is 0.450 e. The highest BCUT2D eigenvalue weighted by Gasteiger charge is 2.40. The maximum atomic E-state index is 15.1. The Bertz CT molecular complexity index is 1780. The predicted octanol–water partition coefficient (Wildman–Crippen LogP) is 3.65. The van der Waals surface area contributed by atoms with Crippen LogP contribution in [0.15, 0.2) is 41.2 Å². The van der Waals surface area contributed by atoms with Crippen molar-refractivity contribution in [1.29, 1.82) is 5.26 Å². The number of likely N-dealkylation sites (tertiary alicyclic amines) is 1. The van der Waals surface area contributed by atoms with Crippen LogP contribution in [0.25, 0.3) is 27.5 Å². The number of halogens is 4. The van der Waals surface area contributed by atoms with E-state index < -0.39 is 28.9 Å². The molecule has 43 heavy (non-hydrogen) atoms. The van der Waals surface area contributed by atoms with Gasteiger partial charge in [0, 0.05) is 37.1 Å². The van der Waals surface area contributed by atoms with Gasteiger partial charge >= 0.3 is 12.2 Å². The van der Waals surface area contributed by atoms with E-state index in [1.807, 2.05) is 7.05 Å². The first kappa shape index (κ1) is 28.8. The van der Waals surface area contributed by atoms with E-state index in [0.29, 0.717) is 23.0 Å². The zero-order chi connectivity index (χ0) is 30.3. The Morgan fingerprint density at radius 2 is 1.91 bits per heavy atom. The van der Waals surface area contributed by atoms with Crippen molar-refractivity contribution in [3.8, 4) is 17.8 Å². The summed E-state index contributed by atoms with van der Waals surface area (Å²) < 4.78 is 65.3. The van der Waals surface area contributed by atoms with Gasteiger partial charge in [0.25, 0.3) is 5.56 Å². The Morgan fingerprint density at radius 1 is 1.12 bits per heavy atom. The van der Waals surface area contributed by atoms with Crippen LogP contribution in [0.1, 0.15) is 25.1 Å². The van der Waals surface area contributed by atoms with Crippen LogP contribution in [-0.4, -0.2) is 76.3 Å². The fourth-order valence-corrected chi connectivity index (χ4v) is 5.82. The number of piperazine rings is 1. The number of anilines is 1. The lowest BCUT2D eigenvalue weighted by atomic mass is 10.1. The predicted molar refractivity (Wildman–Crippen MR) is 151 cm³/mol. The van der Waals surface area contributed by atoms with Crippen LogP contribution >= 0.6 is 0 Å². The molecule has 0 spiro atoms. The molecule has 2 fully saturated rings. The van der Waals surface area contributed by atoms with Crippen LogP contribution in [0.5, 0.6) is 6.01 Å². The molecule has 2 aliphatic heterocycles. The van der Waals surface area contributed by atoms with Crippen LogP contribution in [0.3, 0.4) is 0 Å². The molecule has 2 aromatic carbocycles. The second-order valence-electron chi connectivity index (χ2n) is 10.8. The molecular formula is C29H28F4N8O2. The van der Waals surface area contributed by atoms with Crippen molar-refractivity contribution in [2.45, 2.75) is 37.5 Å². The molecule has 0 saturated carbocycles. The lowest BCUT2D eigenvalue weighted by Gasteiger charge is -2.34. The number of nitrogens with one attached hydrogen (secondary N) is 1. The molecule has 0 amide bonds. The number of fused-ring (bicyclic) bond motifs is 2. The molecule has 0 unspecified atom stereocenters. The molecule has 2 aliphatic rings. The molecule has 0 aliphatic carbocycles. The first-order chi connectivity index (χ1) is 20.7. The molecule has 0 radical (unpaired) electrons. The third kappa shape index (κ3) is 5.46. The Morgan fingerprint density at radius 3 is 2.63 bits per heavy atom. The van der Waals surface area contributed by atoms with Crippen LogP contribution in [0.4, 0.5) is 23.4 Å². The van der Waals surface area contributed by atoms with Gasteiger partial charge in [0.05, 0.1) is 18.2 Å². The molecule has 6 rings (SSSR count). The molecule has 2 saturated heterocycles. The molecule has 2 aromatic heterocycles. The largest absolute Gasteiger partial charge is 0.462 e. The van der Waals surface area contributed by atoms with Crippen molar-refractivity contribution < 1.29 is 22.3 Å². The summed E-state index contributed by atoms with van der Waals surface area (Å²) in [6, 6.07) is 10.1. The average Bonchev–Trinajstić information content (AvgIpc) is 3.40. The van der Waals surface area contributed by atoms with Gasteiger partial charge in [-0.1, -0.05) is 24.3 Å². The fraction of sp³-hybridized carbons (Fsp3) is 0.414. The minimum atomic E-state index is -5.09. The summed E-state index contributed by atoms with van der Waals surface area (Å²) >= 11 is 0. The topological polar surface area (TPSA) is 112 Å². The van der Waals surface area contributed by atoms with Crippen molar-refractivity contribution in [3.05, 3.63) is 58.4 Å². The zero-order valence-electron chi connectivity index (χ0n) is 23.2. The number of hydrogen-bond acceptors (Lipinski definition) is 9. The number of nitrogens with zero attached hydrogens (tertiary/aromatic N) is 7. The summed E-state index contributed by atoms with van der Waals surface area (Å²) in [5.41, 5.74) is -2.19. The van der Waals surface area contributed by atoms with E-state index in [0.717, 1.165) is 25.5 Å². The highest BCUT2D eigenvalue weighted by atomic mass is 19.4. The molecule has 2 atom stereocenters. The second kappa shape index (κ2) is 11.4. The van der Waals surface area contributed by atoms with Gasteiger partial charge in [0.15, 0.2) is 11.3 Å². The average molecular weight is 597 g/mol. The summed E-state index contributed by atoms with van der Waals surface area (Å²) in [4.78, 5) is 30.6. The van der Waals surface area contributed by atoms with Crippen molar-refractivity contribution in [1.82, 2.24) is 29.7 Å². The van der Waals surface area contributed by atoms with Crippen molar-refractivity contribution >= 4 is 27.6 Å². The summed E-state index contributed by atoms with van der Waals surface area (Å²) in [5, 5.41) is 12.6. The standard InChI is InChI=1S/C29H28F4N8O2/c1-39-13-4-7-19(39)16-43-28-37-24-23(25(38-28)40-14-12-35-18(15-40)10-11-34)36-27(29(31,32)33)41(26(24)42)21-9-3-6-17-5-2-8-20(30)22(17)21/h2-3,5-6,8-9,18-19,35H,4,7,10,12-16H2,1H3/t18-,19-/m0/s1.